The number of esters is 2. The molecule has 2 atom stereocenters. The molecule has 70 heavy (non-hydrogen) atoms. The number of rotatable bonds is 49. The van der Waals surface area contributed by atoms with E-state index in [4.69, 9.17) is 18.5 Å². The van der Waals surface area contributed by atoms with Crippen molar-refractivity contribution in [3.63, 3.8) is 0 Å². The fourth-order valence-electron chi connectivity index (χ4n) is 7.04. The van der Waals surface area contributed by atoms with Gasteiger partial charge in [-0.05, 0) is 89.9 Å². The molecule has 0 saturated carbocycles. The van der Waals surface area contributed by atoms with E-state index in [1.165, 1.54) is 96.3 Å². The maximum Gasteiger partial charge on any atom is 0.306 e. The molecule has 0 N–H and O–H groups in total. The van der Waals surface area contributed by atoms with E-state index < -0.39 is 32.5 Å². The molecule has 0 saturated heterocycles. The van der Waals surface area contributed by atoms with Crippen molar-refractivity contribution >= 4 is 19.8 Å². The highest BCUT2D eigenvalue weighted by molar-refractivity contribution is 7.45. The van der Waals surface area contributed by atoms with Crippen LogP contribution in [0.25, 0.3) is 0 Å². The molecule has 0 fully saturated rings. The summed E-state index contributed by atoms with van der Waals surface area (Å²) in [6, 6.07) is 0. The predicted octanol–water partition coefficient (Wildman–Crippen LogP) is 16.4. The quantitative estimate of drug-likeness (QED) is 0.0195. The number of ether oxygens (including phenoxy) is 2. The van der Waals surface area contributed by atoms with E-state index in [-0.39, 0.29) is 26.1 Å². The molecule has 0 spiro atoms. The van der Waals surface area contributed by atoms with Crippen LogP contribution in [0.1, 0.15) is 206 Å². The average Bonchev–Trinajstić information content (AvgIpc) is 3.32. The number of hydrogen-bond donors (Lipinski definition) is 0. The van der Waals surface area contributed by atoms with E-state index in [2.05, 4.69) is 111 Å². The molecular formula is C60H102NO8P. The molecule has 0 amide bonds. The molecule has 9 nitrogen and oxygen atoms in total. The van der Waals surface area contributed by atoms with Crippen molar-refractivity contribution in [2.45, 2.75) is 213 Å². The molecule has 0 heterocycles. The van der Waals surface area contributed by atoms with Gasteiger partial charge in [0.2, 0.25) is 0 Å². The Morgan fingerprint density at radius 1 is 0.457 bits per heavy atom. The molecule has 10 heteroatoms. The third-order valence-electron chi connectivity index (χ3n) is 11.3. The largest absolute Gasteiger partial charge is 0.756 e. The van der Waals surface area contributed by atoms with E-state index in [9.17, 15) is 19.0 Å². The number of phosphoric acid groups is 1. The summed E-state index contributed by atoms with van der Waals surface area (Å²) in [6.07, 6.45) is 70.1. The van der Waals surface area contributed by atoms with Crippen LogP contribution in [0.3, 0.4) is 0 Å². The average molecular weight is 996 g/mol. The number of carbonyl (C=O) groups excluding carboxylic acids is 2. The Labute approximate surface area is 429 Å². The molecule has 0 aliphatic rings. The molecule has 0 aliphatic carbocycles. The summed E-state index contributed by atoms with van der Waals surface area (Å²) in [5, 5.41) is 0. The Morgan fingerprint density at radius 2 is 0.843 bits per heavy atom. The summed E-state index contributed by atoms with van der Waals surface area (Å²) in [5.74, 6) is -0.940. The lowest BCUT2D eigenvalue weighted by Gasteiger charge is -2.28. The maximum absolute atomic E-state index is 12.7. The van der Waals surface area contributed by atoms with Gasteiger partial charge in [-0.25, -0.2) is 0 Å². The van der Waals surface area contributed by atoms with Gasteiger partial charge in [0.05, 0.1) is 27.7 Å². The first-order valence-corrected chi connectivity index (χ1v) is 29.1. The van der Waals surface area contributed by atoms with Gasteiger partial charge in [0, 0.05) is 12.8 Å². The molecule has 0 aromatic rings. The first kappa shape index (κ1) is 66.7. The van der Waals surface area contributed by atoms with Gasteiger partial charge in [-0.1, -0.05) is 213 Å². The number of carbonyl (C=O) groups is 2. The van der Waals surface area contributed by atoms with Gasteiger partial charge in [0.15, 0.2) is 6.10 Å². The van der Waals surface area contributed by atoms with Gasteiger partial charge in [-0.2, -0.15) is 0 Å². The van der Waals surface area contributed by atoms with Gasteiger partial charge >= 0.3 is 11.9 Å². The number of unbranched alkanes of at least 4 members (excludes halogenated alkanes) is 17. The second-order valence-corrected chi connectivity index (χ2v) is 20.6. The predicted molar refractivity (Wildman–Crippen MR) is 295 cm³/mol. The normalized spacial score (nSPS) is 14.2. The van der Waals surface area contributed by atoms with E-state index in [0.717, 1.165) is 70.6 Å². The van der Waals surface area contributed by atoms with E-state index in [1.54, 1.807) is 0 Å². The Hall–Kier alpha value is -3.33. The van der Waals surface area contributed by atoms with Crippen LogP contribution in [-0.2, 0) is 32.7 Å². The molecule has 0 aromatic carbocycles. The van der Waals surface area contributed by atoms with E-state index in [0.29, 0.717) is 23.9 Å². The first-order valence-electron chi connectivity index (χ1n) is 27.6. The molecule has 2 unspecified atom stereocenters. The Kier molecular flexibility index (Phi) is 48.2. The lowest BCUT2D eigenvalue weighted by molar-refractivity contribution is -0.870. The van der Waals surface area contributed by atoms with E-state index in [1.807, 2.05) is 33.3 Å². The van der Waals surface area contributed by atoms with Crippen LogP contribution < -0.4 is 4.89 Å². The number of nitrogens with zero attached hydrogens (tertiary/aromatic N) is 1. The van der Waals surface area contributed by atoms with Crippen molar-refractivity contribution in [2.75, 3.05) is 47.5 Å². The van der Waals surface area contributed by atoms with Crippen molar-refractivity contribution in [1.82, 2.24) is 0 Å². The Bertz CT molecular complexity index is 1550. The second kappa shape index (κ2) is 50.6. The summed E-state index contributed by atoms with van der Waals surface area (Å²) >= 11 is 0. The highest BCUT2D eigenvalue weighted by atomic mass is 31.2. The Balaban J connectivity index is 4.28. The van der Waals surface area contributed by atoms with Gasteiger partial charge in [0.1, 0.15) is 19.8 Å². The maximum atomic E-state index is 12.7. The lowest BCUT2D eigenvalue weighted by Crippen LogP contribution is -2.37. The summed E-state index contributed by atoms with van der Waals surface area (Å²) < 4.78 is 34.0. The van der Waals surface area contributed by atoms with Gasteiger partial charge < -0.3 is 27.9 Å². The zero-order chi connectivity index (χ0) is 51.3. The third kappa shape index (κ3) is 54.0. The molecule has 0 rings (SSSR count). The minimum absolute atomic E-state index is 0.0504. The monoisotopic (exact) mass is 996 g/mol. The van der Waals surface area contributed by atoms with Crippen LogP contribution in [0.4, 0.5) is 0 Å². The zero-order valence-corrected chi connectivity index (χ0v) is 46.1. The van der Waals surface area contributed by atoms with Crippen LogP contribution in [-0.4, -0.2) is 70.0 Å². The number of hydrogen-bond acceptors (Lipinski definition) is 8. The fourth-order valence-corrected chi connectivity index (χ4v) is 7.77. The van der Waals surface area contributed by atoms with E-state index >= 15 is 0 Å². The minimum atomic E-state index is -4.66. The highest BCUT2D eigenvalue weighted by Crippen LogP contribution is 2.38. The summed E-state index contributed by atoms with van der Waals surface area (Å²) in [7, 11) is 1.10. The topological polar surface area (TPSA) is 111 Å². The smallest absolute Gasteiger partial charge is 0.306 e. The summed E-state index contributed by atoms with van der Waals surface area (Å²) in [5.41, 5.74) is 0. The van der Waals surface area contributed by atoms with Crippen molar-refractivity contribution in [3.05, 3.63) is 109 Å². The minimum Gasteiger partial charge on any atom is -0.756 e. The van der Waals surface area contributed by atoms with Gasteiger partial charge in [-0.3, -0.25) is 14.2 Å². The van der Waals surface area contributed by atoms with Crippen molar-refractivity contribution in [3.8, 4) is 0 Å². The number of phosphoric ester groups is 1. The molecule has 400 valence electrons. The fraction of sp³-hybridized carbons (Fsp3) is 0.667. The SMILES string of the molecule is CC/C=C\C/C=C\C/C=C\C/C=C\C/C=C\C/C=C\CCC(=O)OC(COC(=O)CCCCCCCCCCCCCC/C=C\C/C=C\C/C=C\CCCCCCC)COP(=O)([O-])OCC[N+](C)(C)C. The van der Waals surface area contributed by atoms with Crippen molar-refractivity contribution in [2.24, 2.45) is 0 Å². The third-order valence-corrected chi connectivity index (χ3v) is 12.3. The molecular weight excluding hydrogens is 894 g/mol. The van der Waals surface area contributed by atoms with Crippen LogP contribution >= 0.6 is 7.82 Å². The number of quaternary nitrogens is 1. The second-order valence-electron chi connectivity index (χ2n) is 19.2. The first-order chi connectivity index (χ1) is 34.0. The van der Waals surface area contributed by atoms with Crippen LogP contribution in [0.15, 0.2) is 109 Å². The molecule has 0 aromatic heterocycles. The number of likely N-dealkylation sites (N-methyl/N-ethyl adjacent to an activating group) is 1. The lowest BCUT2D eigenvalue weighted by atomic mass is 10.0. The Morgan fingerprint density at radius 3 is 1.27 bits per heavy atom. The zero-order valence-electron chi connectivity index (χ0n) is 45.2. The number of allylic oxidation sites excluding steroid dienone is 18. The highest BCUT2D eigenvalue weighted by Gasteiger charge is 2.21. The van der Waals surface area contributed by atoms with Gasteiger partial charge in [-0.15, -0.1) is 0 Å². The van der Waals surface area contributed by atoms with Crippen LogP contribution in [0, 0.1) is 0 Å². The molecule has 0 aliphatic heterocycles. The van der Waals surface area contributed by atoms with Gasteiger partial charge in [0.25, 0.3) is 7.82 Å². The summed E-state index contributed by atoms with van der Waals surface area (Å²) in [4.78, 5) is 37.8. The van der Waals surface area contributed by atoms with Crippen molar-refractivity contribution in [1.29, 1.82) is 0 Å². The van der Waals surface area contributed by atoms with Crippen LogP contribution in [0.5, 0.6) is 0 Å². The molecule has 0 bridgehead atoms. The molecule has 0 radical (unpaired) electrons. The van der Waals surface area contributed by atoms with Crippen molar-refractivity contribution < 1.29 is 42.1 Å². The standard InChI is InChI=1S/C60H102NO8P/c1-6-8-10-12-14-16-18-20-22-24-26-27-28-29-30-31-32-33-35-36-38-40-42-44-46-48-50-52-59(62)66-56-58(57-68-70(64,65)67-55-54-61(3,4)5)69-60(63)53-51-49-47-45-43-41-39-37-34-25-23-21-19-17-15-13-11-9-7-2/h9,11,15,17-18,20-21,23-24,26,28-29,34,37,41,43,47,49,58H,6-8,10,12-14,16,19,22,25,27,30-33,35-36,38-40,42,44-46,48,50-57H2,1-5H3/b11-9-,17-15-,20-18-,23-21-,26-24-,29-28-,37-34-,43-41-,49-47-. The summed E-state index contributed by atoms with van der Waals surface area (Å²) in [6.45, 7) is 4.01. The van der Waals surface area contributed by atoms with Crippen LogP contribution in [0.2, 0.25) is 0 Å².